The van der Waals surface area contributed by atoms with E-state index in [1.807, 2.05) is 24.3 Å². The highest BCUT2D eigenvalue weighted by Crippen LogP contribution is 2.35. The van der Waals surface area contributed by atoms with Crippen LogP contribution in [-0.4, -0.2) is 25.1 Å². The van der Waals surface area contributed by atoms with Crippen molar-refractivity contribution in [1.29, 1.82) is 0 Å². The Kier molecular flexibility index (Phi) is 6.01. The number of hydrogen-bond acceptors (Lipinski definition) is 4. The van der Waals surface area contributed by atoms with Crippen molar-refractivity contribution >= 4 is 5.71 Å². The summed E-state index contributed by atoms with van der Waals surface area (Å²) in [4.78, 5) is 0. The van der Waals surface area contributed by atoms with Crippen molar-refractivity contribution in [2.45, 2.75) is 32.4 Å². The quantitative estimate of drug-likeness (QED) is 0.625. The molecule has 1 aliphatic heterocycles. The molecule has 0 bridgehead atoms. The summed E-state index contributed by atoms with van der Waals surface area (Å²) >= 11 is 0. The summed E-state index contributed by atoms with van der Waals surface area (Å²) in [7, 11) is 3.35. The molecule has 3 N–H and O–H groups in total. The lowest BCUT2D eigenvalue weighted by Crippen LogP contribution is -2.90. The lowest BCUT2D eigenvalue weighted by atomic mass is 9.75. The number of ether oxygens (including phenoxy) is 2. The van der Waals surface area contributed by atoms with Crippen molar-refractivity contribution in [3.05, 3.63) is 59.7 Å². The van der Waals surface area contributed by atoms with E-state index in [0.29, 0.717) is 5.92 Å². The highest BCUT2D eigenvalue weighted by atomic mass is 16.5. The fourth-order valence-electron chi connectivity index (χ4n) is 4.14. The maximum atomic E-state index is 9.74. The molecule has 3 atom stereocenters. The summed E-state index contributed by atoms with van der Waals surface area (Å²) < 4.78 is 10.6. The molecule has 0 unspecified atom stereocenters. The molecule has 3 rings (SSSR count). The normalized spacial score (nSPS) is 24.2. The fraction of sp³-hybridized carbons (Fsp3) is 0.409. The minimum absolute atomic E-state index is 0.179. The van der Waals surface area contributed by atoms with Crippen LogP contribution in [0.5, 0.6) is 11.5 Å². The molecule has 0 aliphatic carbocycles. The molecule has 0 spiro atoms. The number of piperidine rings is 1. The van der Waals surface area contributed by atoms with Crippen molar-refractivity contribution in [2.24, 2.45) is 17.0 Å². The molecule has 1 saturated heterocycles. The number of oxime groups is 1. The maximum absolute atomic E-state index is 9.74. The van der Waals surface area contributed by atoms with Crippen LogP contribution < -0.4 is 14.8 Å². The van der Waals surface area contributed by atoms with E-state index < -0.39 is 0 Å². The van der Waals surface area contributed by atoms with Crippen molar-refractivity contribution < 1.29 is 20.0 Å². The van der Waals surface area contributed by atoms with E-state index in [9.17, 15) is 5.21 Å². The minimum atomic E-state index is 0.179. The van der Waals surface area contributed by atoms with Gasteiger partial charge < -0.3 is 20.0 Å². The van der Waals surface area contributed by atoms with Crippen LogP contribution >= 0.6 is 0 Å². The Bertz CT molecular complexity index is 769. The van der Waals surface area contributed by atoms with Gasteiger partial charge in [0.1, 0.15) is 23.6 Å². The van der Waals surface area contributed by atoms with Crippen LogP contribution in [0.25, 0.3) is 0 Å². The molecule has 1 fully saturated rings. The smallest absolute Gasteiger partial charge is 0.121 e. The first-order chi connectivity index (χ1) is 13.1. The standard InChI is InChI=1S/C22H28N2O3/c1-14(2)21-20(24-25)13-19(15-5-9-17(26-3)10-6-15)23-22(21)16-7-11-18(27-4)12-8-16/h5-12,14,19,21-23,25H,13H2,1-4H3/p+1/b24-20+/t19-,21-,22-/m0/s1. The predicted octanol–water partition coefficient (Wildman–Crippen LogP) is 3.56. The van der Waals surface area contributed by atoms with Crippen molar-refractivity contribution in [3.63, 3.8) is 0 Å². The van der Waals surface area contributed by atoms with Gasteiger partial charge >= 0.3 is 0 Å². The molecule has 0 radical (unpaired) electrons. The molecule has 1 aliphatic rings. The molecule has 2 aromatic carbocycles. The van der Waals surface area contributed by atoms with E-state index in [1.54, 1.807) is 14.2 Å². The van der Waals surface area contributed by atoms with E-state index in [1.165, 1.54) is 11.1 Å². The minimum Gasteiger partial charge on any atom is -0.497 e. The molecular formula is C22H29N2O3+. The van der Waals surface area contributed by atoms with Gasteiger partial charge in [0.2, 0.25) is 0 Å². The van der Waals surface area contributed by atoms with E-state index in [0.717, 1.165) is 23.6 Å². The number of nitrogens with zero attached hydrogens (tertiary/aromatic N) is 1. The van der Waals surface area contributed by atoms with Gasteiger partial charge in [-0.25, -0.2) is 0 Å². The van der Waals surface area contributed by atoms with Gasteiger partial charge in [-0.3, -0.25) is 0 Å². The fourth-order valence-corrected chi connectivity index (χ4v) is 4.14. The molecule has 144 valence electrons. The zero-order chi connectivity index (χ0) is 19.4. The molecule has 0 aromatic heterocycles. The van der Waals surface area contributed by atoms with Gasteiger partial charge in [0.15, 0.2) is 0 Å². The Hall–Kier alpha value is -2.53. The van der Waals surface area contributed by atoms with Crippen LogP contribution in [0.3, 0.4) is 0 Å². The second-order valence-corrected chi connectivity index (χ2v) is 7.44. The van der Waals surface area contributed by atoms with Crippen LogP contribution in [0, 0.1) is 11.8 Å². The summed E-state index contributed by atoms with van der Waals surface area (Å²) in [5, 5.41) is 15.9. The average molecular weight is 369 g/mol. The molecular weight excluding hydrogens is 340 g/mol. The van der Waals surface area contributed by atoms with Gasteiger partial charge in [0.25, 0.3) is 0 Å². The van der Waals surface area contributed by atoms with Gasteiger partial charge in [0, 0.05) is 17.5 Å². The number of methoxy groups -OCH3 is 2. The second kappa shape index (κ2) is 8.44. The van der Waals surface area contributed by atoms with Crippen molar-refractivity contribution in [2.75, 3.05) is 14.2 Å². The van der Waals surface area contributed by atoms with E-state index in [2.05, 4.69) is 48.6 Å². The van der Waals surface area contributed by atoms with Crippen LogP contribution in [0.2, 0.25) is 0 Å². The van der Waals surface area contributed by atoms with Gasteiger partial charge in [0.05, 0.1) is 25.8 Å². The Balaban J connectivity index is 1.95. The molecule has 0 saturated carbocycles. The third-order valence-corrected chi connectivity index (χ3v) is 5.53. The van der Waals surface area contributed by atoms with Gasteiger partial charge in [-0.1, -0.05) is 19.0 Å². The summed E-state index contributed by atoms with van der Waals surface area (Å²) in [5.74, 6) is 2.24. The van der Waals surface area contributed by atoms with E-state index >= 15 is 0 Å². The lowest BCUT2D eigenvalue weighted by molar-refractivity contribution is -0.743. The number of rotatable bonds is 5. The molecule has 0 amide bonds. The molecule has 5 nitrogen and oxygen atoms in total. The largest absolute Gasteiger partial charge is 0.497 e. The van der Waals surface area contributed by atoms with Crippen LogP contribution in [0.4, 0.5) is 0 Å². The Labute approximate surface area is 161 Å². The Morgan fingerprint density at radius 2 is 1.44 bits per heavy atom. The predicted molar refractivity (Wildman–Crippen MR) is 106 cm³/mol. The third-order valence-electron chi connectivity index (χ3n) is 5.53. The summed E-state index contributed by atoms with van der Waals surface area (Å²) in [6, 6.07) is 16.7. The van der Waals surface area contributed by atoms with Crippen molar-refractivity contribution in [1.82, 2.24) is 0 Å². The van der Waals surface area contributed by atoms with Gasteiger partial charge in [-0.05, 0) is 54.4 Å². The zero-order valence-corrected chi connectivity index (χ0v) is 16.4. The monoisotopic (exact) mass is 369 g/mol. The first-order valence-electron chi connectivity index (χ1n) is 9.41. The highest BCUT2D eigenvalue weighted by Gasteiger charge is 2.41. The first kappa shape index (κ1) is 19.2. The van der Waals surface area contributed by atoms with Gasteiger partial charge in [-0.2, -0.15) is 0 Å². The third kappa shape index (κ3) is 4.08. The Morgan fingerprint density at radius 1 is 0.926 bits per heavy atom. The van der Waals surface area contributed by atoms with Crippen LogP contribution in [-0.2, 0) is 0 Å². The van der Waals surface area contributed by atoms with Crippen LogP contribution in [0.15, 0.2) is 53.7 Å². The number of nitrogens with two attached hydrogens (primary N) is 1. The average Bonchev–Trinajstić information content (AvgIpc) is 2.72. The number of hydrogen-bond donors (Lipinski definition) is 2. The molecule has 27 heavy (non-hydrogen) atoms. The van der Waals surface area contributed by atoms with Crippen molar-refractivity contribution in [3.8, 4) is 11.5 Å². The highest BCUT2D eigenvalue weighted by molar-refractivity contribution is 5.88. The molecule has 2 aromatic rings. The topological polar surface area (TPSA) is 67.7 Å². The summed E-state index contributed by atoms with van der Waals surface area (Å²) in [5.41, 5.74) is 3.29. The summed E-state index contributed by atoms with van der Waals surface area (Å²) in [6.07, 6.45) is 0.734. The molecule has 5 heteroatoms. The second-order valence-electron chi connectivity index (χ2n) is 7.44. The maximum Gasteiger partial charge on any atom is 0.121 e. The SMILES string of the molecule is COc1ccc([C@@H]2C/C(=N\O)[C@H](C(C)C)[C@H](c3ccc(OC)cc3)[NH2+]2)cc1. The zero-order valence-electron chi connectivity index (χ0n) is 16.4. The van der Waals surface area contributed by atoms with E-state index in [-0.39, 0.29) is 18.0 Å². The number of quaternary nitrogens is 1. The first-order valence-corrected chi connectivity index (χ1v) is 9.41. The lowest BCUT2D eigenvalue weighted by Gasteiger charge is -2.37. The molecule has 1 heterocycles. The number of benzene rings is 2. The Morgan fingerprint density at radius 3 is 1.89 bits per heavy atom. The van der Waals surface area contributed by atoms with Crippen LogP contribution in [0.1, 0.15) is 43.5 Å². The van der Waals surface area contributed by atoms with Gasteiger partial charge in [-0.15, -0.1) is 0 Å². The van der Waals surface area contributed by atoms with E-state index in [4.69, 9.17) is 9.47 Å². The summed E-state index contributed by atoms with van der Waals surface area (Å²) in [6.45, 7) is 4.38.